The molecule has 0 radical (unpaired) electrons. The molecule has 0 saturated heterocycles. The summed E-state index contributed by atoms with van der Waals surface area (Å²) in [6.07, 6.45) is 3.75. The molecule has 7 heteroatoms. The van der Waals surface area contributed by atoms with Gasteiger partial charge < -0.3 is 9.74 Å². The van der Waals surface area contributed by atoms with Gasteiger partial charge in [0.25, 0.3) is 0 Å². The lowest BCUT2D eigenvalue weighted by molar-refractivity contribution is -0.137. The monoisotopic (exact) mass is 416 g/mol. The van der Waals surface area contributed by atoms with Crippen molar-refractivity contribution < 1.29 is 22.8 Å². The molecular formula is C23H23F3N2O2. The first-order chi connectivity index (χ1) is 14.5. The molecule has 2 aromatic rings. The zero-order valence-electron chi connectivity index (χ0n) is 16.5. The van der Waals surface area contributed by atoms with E-state index in [9.17, 15) is 18.0 Å². The molecule has 4 rings (SSSR count). The summed E-state index contributed by atoms with van der Waals surface area (Å²) in [5.74, 6) is -1.76. The minimum Gasteiger partial charge on any atom is -0.390 e. The fourth-order valence-electron chi connectivity index (χ4n) is 4.10. The number of hydrogen-bond donors (Lipinski definition) is 0. The molecule has 2 aromatic carbocycles. The normalized spacial score (nSPS) is 18.9. The fourth-order valence-corrected chi connectivity index (χ4v) is 4.10. The van der Waals surface area contributed by atoms with Gasteiger partial charge in [-0.25, -0.2) is 13.2 Å². The summed E-state index contributed by atoms with van der Waals surface area (Å²) in [4.78, 5) is 20.2. The van der Waals surface area contributed by atoms with Crippen LogP contribution in [0.15, 0.2) is 47.6 Å². The number of rotatable bonds is 6. The summed E-state index contributed by atoms with van der Waals surface area (Å²) < 4.78 is 40.6. The van der Waals surface area contributed by atoms with Crippen LogP contribution >= 0.6 is 0 Å². The predicted octanol–water partition coefficient (Wildman–Crippen LogP) is 4.82. The number of nitrogens with zero attached hydrogens (tertiary/aromatic N) is 2. The van der Waals surface area contributed by atoms with Crippen molar-refractivity contribution in [2.75, 3.05) is 6.54 Å². The van der Waals surface area contributed by atoms with Gasteiger partial charge in [0.1, 0.15) is 17.5 Å². The summed E-state index contributed by atoms with van der Waals surface area (Å²) >= 11 is 0. The Bertz CT molecular complexity index is 940. The summed E-state index contributed by atoms with van der Waals surface area (Å²) in [5, 5.41) is 4.10. The number of amides is 1. The van der Waals surface area contributed by atoms with Gasteiger partial charge in [-0.15, -0.1) is 0 Å². The van der Waals surface area contributed by atoms with Crippen molar-refractivity contribution in [3.05, 3.63) is 71.0 Å². The Kier molecular flexibility index (Phi) is 6.06. The first-order valence-corrected chi connectivity index (χ1v) is 10.2. The Balaban J connectivity index is 1.47. The highest BCUT2D eigenvalue weighted by atomic mass is 19.1. The Hall–Kier alpha value is -2.83. The zero-order chi connectivity index (χ0) is 21.1. The maximum atomic E-state index is 14.2. The lowest BCUT2D eigenvalue weighted by atomic mass is 10.0. The van der Waals surface area contributed by atoms with Crippen LogP contribution in [0.5, 0.6) is 0 Å². The van der Waals surface area contributed by atoms with Crippen LogP contribution in [0.4, 0.5) is 13.2 Å². The Morgan fingerprint density at radius 2 is 1.73 bits per heavy atom. The van der Waals surface area contributed by atoms with Gasteiger partial charge in [0.15, 0.2) is 6.10 Å². The minimum atomic E-state index is -0.671. The van der Waals surface area contributed by atoms with E-state index in [1.807, 2.05) is 0 Å². The number of oxime groups is 1. The van der Waals surface area contributed by atoms with E-state index in [1.54, 1.807) is 17.0 Å². The maximum absolute atomic E-state index is 14.2. The van der Waals surface area contributed by atoms with Gasteiger partial charge in [-0.05, 0) is 36.6 Å². The highest BCUT2D eigenvalue weighted by Crippen LogP contribution is 2.28. The number of carbonyl (C=O) groups excluding carboxylic acids is 1. The first kappa shape index (κ1) is 20.4. The molecule has 1 aliphatic carbocycles. The van der Waals surface area contributed by atoms with Crippen molar-refractivity contribution in [1.82, 2.24) is 4.90 Å². The molecular weight excluding hydrogens is 393 g/mol. The third kappa shape index (κ3) is 4.66. The van der Waals surface area contributed by atoms with E-state index in [1.165, 1.54) is 24.3 Å². The average Bonchev–Trinajstić information content (AvgIpc) is 3.42. The second-order valence-corrected chi connectivity index (χ2v) is 7.91. The van der Waals surface area contributed by atoms with Crippen LogP contribution in [-0.4, -0.2) is 29.2 Å². The van der Waals surface area contributed by atoms with E-state index in [-0.39, 0.29) is 42.4 Å². The smallest absolute Gasteiger partial charge is 0.226 e. The van der Waals surface area contributed by atoms with Gasteiger partial charge in [-0.3, -0.25) is 4.79 Å². The Morgan fingerprint density at radius 3 is 2.43 bits per heavy atom. The van der Waals surface area contributed by atoms with E-state index in [4.69, 9.17) is 4.84 Å². The molecule has 0 aromatic heterocycles. The molecule has 1 atom stereocenters. The molecule has 0 unspecified atom stereocenters. The molecule has 0 N–H and O–H groups in total. The van der Waals surface area contributed by atoms with Gasteiger partial charge in [-0.2, -0.15) is 0 Å². The van der Waals surface area contributed by atoms with Crippen LogP contribution in [0.25, 0.3) is 0 Å². The minimum absolute atomic E-state index is 0.0324. The average molecular weight is 416 g/mol. The highest BCUT2D eigenvalue weighted by Gasteiger charge is 2.32. The third-order valence-corrected chi connectivity index (χ3v) is 5.73. The summed E-state index contributed by atoms with van der Waals surface area (Å²) in [6.45, 7) is 0.299. The second-order valence-electron chi connectivity index (χ2n) is 7.91. The molecule has 0 bridgehead atoms. The topological polar surface area (TPSA) is 41.9 Å². The quantitative estimate of drug-likeness (QED) is 0.678. The Labute approximate surface area is 173 Å². The second kappa shape index (κ2) is 8.90. The predicted molar refractivity (Wildman–Crippen MR) is 106 cm³/mol. The summed E-state index contributed by atoms with van der Waals surface area (Å²) in [5.41, 5.74) is 1.71. The van der Waals surface area contributed by atoms with Crippen LogP contribution in [0.2, 0.25) is 0 Å². The lowest BCUT2D eigenvalue weighted by Crippen LogP contribution is -2.40. The van der Waals surface area contributed by atoms with Crippen LogP contribution in [0.1, 0.15) is 43.2 Å². The molecule has 0 spiro atoms. The fraction of sp³-hybridized carbons (Fsp3) is 0.391. The van der Waals surface area contributed by atoms with Gasteiger partial charge in [0.2, 0.25) is 5.91 Å². The molecule has 4 nitrogen and oxygen atoms in total. The lowest BCUT2D eigenvalue weighted by Gasteiger charge is -2.27. The van der Waals surface area contributed by atoms with Crippen molar-refractivity contribution in [3.8, 4) is 0 Å². The van der Waals surface area contributed by atoms with Crippen molar-refractivity contribution in [2.24, 2.45) is 11.1 Å². The molecule has 1 aliphatic heterocycles. The number of hydrogen-bond acceptors (Lipinski definition) is 3. The van der Waals surface area contributed by atoms with Crippen LogP contribution in [-0.2, 0) is 16.2 Å². The zero-order valence-corrected chi connectivity index (χ0v) is 16.5. The molecule has 1 heterocycles. The van der Waals surface area contributed by atoms with E-state index in [0.29, 0.717) is 12.1 Å². The molecule has 1 fully saturated rings. The van der Waals surface area contributed by atoms with Gasteiger partial charge in [0.05, 0.1) is 12.3 Å². The van der Waals surface area contributed by atoms with Crippen molar-refractivity contribution in [3.63, 3.8) is 0 Å². The first-order valence-electron chi connectivity index (χ1n) is 10.2. The Morgan fingerprint density at radius 1 is 1.03 bits per heavy atom. The van der Waals surface area contributed by atoms with Gasteiger partial charge in [-0.1, -0.05) is 36.2 Å². The number of carbonyl (C=O) groups is 1. The van der Waals surface area contributed by atoms with E-state index < -0.39 is 11.6 Å². The van der Waals surface area contributed by atoms with Crippen molar-refractivity contribution >= 4 is 11.6 Å². The molecule has 30 heavy (non-hydrogen) atoms. The van der Waals surface area contributed by atoms with Gasteiger partial charge >= 0.3 is 0 Å². The van der Waals surface area contributed by atoms with Crippen LogP contribution in [0, 0.1) is 23.4 Å². The molecule has 158 valence electrons. The molecule has 1 amide bonds. The largest absolute Gasteiger partial charge is 0.390 e. The van der Waals surface area contributed by atoms with Crippen molar-refractivity contribution in [2.45, 2.75) is 44.8 Å². The summed E-state index contributed by atoms with van der Waals surface area (Å²) in [7, 11) is 0. The number of benzene rings is 2. The number of halogens is 3. The molecule has 2 aliphatic rings. The third-order valence-electron chi connectivity index (χ3n) is 5.73. The molecule has 1 saturated carbocycles. The maximum Gasteiger partial charge on any atom is 0.226 e. The summed E-state index contributed by atoms with van der Waals surface area (Å²) in [6, 6.07) is 9.38. The van der Waals surface area contributed by atoms with E-state index >= 15 is 0 Å². The standard InChI is InChI=1S/C23H23F3N2O2/c24-18-8-5-15(6-9-18)22-12-20(30-27-22)14-28(23(29)16-3-1-2-4-16)13-17-7-10-19(25)11-21(17)26/h5-11,16,20H,1-4,12-14H2/t20-/m1/s1. The van der Waals surface area contributed by atoms with E-state index in [0.717, 1.165) is 37.3 Å². The van der Waals surface area contributed by atoms with Crippen molar-refractivity contribution in [1.29, 1.82) is 0 Å². The highest BCUT2D eigenvalue weighted by molar-refractivity contribution is 6.01. The van der Waals surface area contributed by atoms with E-state index in [2.05, 4.69) is 5.16 Å². The SMILES string of the molecule is O=C(C1CCCC1)N(Cc1ccc(F)cc1F)C[C@H]1CC(c2ccc(F)cc2)=NO1. The van der Waals surface area contributed by atoms with Crippen LogP contribution < -0.4 is 0 Å². The van der Waals surface area contributed by atoms with Crippen LogP contribution in [0.3, 0.4) is 0 Å². The van der Waals surface area contributed by atoms with Gasteiger partial charge in [0, 0.05) is 30.5 Å².